The van der Waals surface area contributed by atoms with Gasteiger partial charge in [-0.25, -0.2) is 14.2 Å². The van der Waals surface area contributed by atoms with Crippen molar-refractivity contribution in [3.63, 3.8) is 0 Å². The number of methoxy groups -OCH3 is 1. The predicted octanol–water partition coefficient (Wildman–Crippen LogP) is 2.32. The largest absolute Gasteiger partial charge is 0.477 e. The summed E-state index contributed by atoms with van der Waals surface area (Å²) >= 11 is 0.920. The molecule has 10 heteroatoms. The molecule has 0 unspecified atom stereocenters. The molecule has 1 heterocycles. The fourth-order valence-electron chi connectivity index (χ4n) is 2.33. The Morgan fingerprint density at radius 2 is 2.15 bits per heavy atom. The number of nitrogens with zero attached hydrogens (tertiary/aromatic N) is 2. The molecule has 0 radical (unpaired) electrons. The first kappa shape index (κ1) is 20.3. The van der Waals surface area contributed by atoms with Gasteiger partial charge >= 0.3 is 11.9 Å². The van der Waals surface area contributed by atoms with Crippen molar-refractivity contribution in [1.29, 1.82) is 5.41 Å². The van der Waals surface area contributed by atoms with Crippen LogP contribution in [0.25, 0.3) is 11.3 Å². The Balaban J connectivity index is 2.31. The number of carbonyl (C=O) groups is 2. The van der Waals surface area contributed by atoms with Crippen molar-refractivity contribution in [1.82, 2.24) is 4.98 Å². The SMILES string of the molecule is COC(=O)CCCN(C)c1nc(-c2ccc(C(=N)N)cc2F)c(C(=O)O)s1. The lowest BCUT2D eigenvalue weighted by Crippen LogP contribution is -2.19. The van der Waals surface area contributed by atoms with E-state index in [4.69, 9.17) is 11.1 Å². The minimum absolute atomic E-state index is 0.00919. The van der Waals surface area contributed by atoms with E-state index < -0.39 is 11.8 Å². The van der Waals surface area contributed by atoms with Gasteiger partial charge in [0.25, 0.3) is 0 Å². The molecule has 0 spiro atoms. The number of hydrogen-bond acceptors (Lipinski definition) is 7. The van der Waals surface area contributed by atoms with E-state index in [1.165, 1.54) is 19.2 Å². The number of hydrogen-bond donors (Lipinski definition) is 3. The van der Waals surface area contributed by atoms with Crippen LogP contribution >= 0.6 is 11.3 Å². The average Bonchev–Trinajstić information content (AvgIpc) is 3.06. The molecule has 0 aliphatic heterocycles. The number of aromatic nitrogens is 1. The van der Waals surface area contributed by atoms with Crippen LogP contribution in [0.3, 0.4) is 0 Å². The van der Waals surface area contributed by atoms with E-state index in [1.807, 2.05) is 0 Å². The van der Waals surface area contributed by atoms with Gasteiger partial charge in [-0.2, -0.15) is 0 Å². The monoisotopic (exact) mass is 394 g/mol. The lowest BCUT2D eigenvalue weighted by molar-refractivity contribution is -0.140. The fraction of sp³-hybridized carbons (Fsp3) is 0.294. The Labute approximate surface area is 158 Å². The molecule has 0 fully saturated rings. The van der Waals surface area contributed by atoms with Crippen molar-refractivity contribution in [2.45, 2.75) is 12.8 Å². The van der Waals surface area contributed by atoms with Crippen LogP contribution in [0, 0.1) is 11.2 Å². The second-order valence-electron chi connectivity index (χ2n) is 5.69. The maximum Gasteiger partial charge on any atom is 0.348 e. The molecule has 0 atom stereocenters. The maximum atomic E-state index is 14.4. The van der Waals surface area contributed by atoms with Crippen LogP contribution in [0.4, 0.5) is 9.52 Å². The number of halogens is 1. The van der Waals surface area contributed by atoms with Crippen LogP contribution < -0.4 is 10.6 Å². The minimum atomic E-state index is -1.22. The minimum Gasteiger partial charge on any atom is -0.477 e. The summed E-state index contributed by atoms with van der Waals surface area (Å²) in [6.45, 7) is 0.451. The van der Waals surface area contributed by atoms with Gasteiger partial charge in [-0.15, -0.1) is 0 Å². The van der Waals surface area contributed by atoms with Crippen molar-refractivity contribution < 1.29 is 23.8 Å². The molecular formula is C17H19FN4O4S. The molecule has 2 rings (SSSR count). The first-order valence-electron chi connectivity index (χ1n) is 7.91. The van der Waals surface area contributed by atoms with Gasteiger partial charge in [-0.3, -0.25) is 10.2 Å². The highest BCUT2D eigenvalue weighted by Crippen LogP contribution is 2.34. The zero-order valence-electron chi connectivity index (χ0n) is 14.8. The molecule has 2 aromatic rings. The first-order valence-corrected chi connectivity index (χ1v) is 8.72. The number of ether oxygens (including phenoxy) is 1. The standard InChI is InChI=1S/C17H19FN4O4S/c1-22(7-3-4-12(23)26-2)17-21-13(14(27-17)16(24)25)10-6-5-9(15(19)20)8-11(10)18/h5-6,8H,3-4,7H2,1-2H3,(H3,19,20)(H,24,25). The molecule has 0 amide bonds. The molecule has 1 aromatic carbocycles. The Bertz CT molecular complexity index is 884. The van der Waals surface area contributed by atoms with Gasteiger partial charge in [-0.1, -0.05) is 17.4 Å². The van der Waals surface area contributed by atoms with Crippen molar-refractivity contribution in [2.75, 3.05) is 25.6 Å². The topological polar surface area (TPSA) is 130 Å². The highest BCUT2D eigenvalue weighted by molar-refractivity contribution is 7.17. The number of anilines is 1. The van der Waals surface area contributed by atoms with Gasteiger partial charge in [0.2, 0.25) is 0 Å². The molecule has 0 aliphatic rings. The zero-order valence-corrected chi connectivity index (χ0v) is 15.6. The third kappa shape index (κ3) is 4.79. The Kier molecular flexibility index (Phi) is 6.45. The number of amidine groups is 1. The number of thiazole rings is 1. The van der Waals surface area contributed by atoms with Crippen LogP contribution in [0.1, 0.15) is 28.1 Å². The number of carboxylic acid groups (broad SMARTS) is 1. The summed E-state index contributed by atoms with van der Waals surface area (Å²) in [5, 5.41) is 17.2. The Morgan fingerprint density at radius 1 is 1.44 bits per heavy atom. The van der Waals surface area contributed by atoms with Crippen LogP contribution in [0.5, 0.6) is 0 Å². The normalized spacial score (nSPS) is 10.5. The van der Waals surface area contributed by atoms with E-state index in [0.717, 1.165) is 17.4 Å². The Morgan fingerprint density at radius 3 is 2.70 bits per heavy atom. The van der Waals surface area contributed by atoms with Gasteiger partial charge in [-0.05, 0) is 18.6 Å². The van der Waals surface area contributed by atoms with E-state index in [1.54, 1.807) is 11.9 Å². The van der Waals surface area contributed by atoms with Gasteiger partial charge in [0.1, 0.15) is 22.2 Å². The van der Waals surface area contributed by atoms with Crippen molar-refractivity contribution in [3.8, 4) is 11.3 Å². The number of rotatable bonds is 8. The second-order valence-corrected chi connectivity index (χ2v) is 6.67. The molecule has 1 aromatic heterocycles. The zero-order chi connectivity index (χ0) is 20.1. The number of nitrogens with two attached hydrogens (primary N) is 1. The molecule has 8 nitrogen and oxygen atoms in total. The van der Waals surface area contributed by atoms with Gasteiger partial charge in [0.05, 0.1) is 7.11 Å². The third-order valence-electron chi connectivity index (χ3n) is 3.77. The molecule has 144 valence electrons. The number of esters is 1. The number of aromatic carboxylic acids is 1. The summed E-state index contributed by atoms with van der Waals surface area (Å²) in [6.07, 6.45) is 0.730. The number of nitrogens with one attached hydrogen (secondary N) is 1. The lowest BCUT2D eigenvalue weighted by Gasteiger charge is -2.14. The summed E-state index contributed by atoms with van der Waals surface area (Å²) in [5.41, 5.74) is 5.56. The highest BCUT2D eigenvalue weighted by atomic mass is 32.1. The molecule has 27 heavy (non-hydrogen) atoms. The van der Waals surface area contributed by atoms with Crippen molar-refractivity contribution in [3.05, 3.63) is 34.5 Å². The van der Waals surface area contributed by atoms with Crippen LogP contribution in [0.2, 0.25) is 0 Å². The number of nitrogen functional groups attached to an aromatic ring is 1. The van der Waals surface area contributed by atoms with Gasteiger partial charge < -0.3 is 20.5 Å². The fourth-order valence-corrected chi connectivity index (χ4v) is 3.24. The van der Waals surface area contributed by atoms with E-state index in [0.29, 0.717) is 18.1 Å². The molecule has 0 bridgehead atoms. The van der Waals surface area contributed by atoms with Crippen LogP contribution in [-0.2, 0) is 9.53 Å². The van der Waals surface area contributed by atoms with E-state index in [2.05, 4.69) is 9.72 Å². The van der Waals surface area contributed by atoms with Crippen molar-refractivity contribution >= 4 is 34.2 Å². The average molecular weight is 394 g/mol. The van der Waals surface area contributed by atoms with Crippen LogP contribution in [0.15, 0.2) is 18.2 Å². The second kappa shape index (κ2) is 8.58. The van der Waals surface area contributed by atoms with E-state index in [-0.39, 0.29) is 39.9 Å². The number of carbonyl (C=O) groups excluding carboxylic acids is 1. The molecule has 0 saturated heterocycles. The number of benzene rings is 1. The predicted molar refractivity (Wildman–Crippen MR) is 100 cm³/mol. The third-order valence-corrected chi connectivity index (χ3v) is 4.93. The lowest BCUT2D eigenvalue weighted by atomic mass is 10.1. The summed E-state index contributed by atoms with van der Waals surface area (Å²) in [7, 11) is 3.02. The highest BCUT2D eigenvalue weighted by Gasteiger charge is 2.23. The molecule has 0 aliphatic carbocycles. The van der Waals surface area contributed by atoms with Crippen molar-refractivity contribution in [2.24, 2.45) is 5.73 Å². The van der Waals surface area contributed by atoms with Gasteiger partial charge in [0.15, 0.2) is 5.13 Å². The smallest absolute Gasteiger partial charge is 0.348 e. The molecular weight excluding hydrogens is 375 g/mol. The molecule has 4 N–H and O–H groups in total. The van der Waals surface area contributed by atoms with Crippen LogP contribution in [-0.4, -0.2) is 48.6 Å². The Hall–Kier alpha value is -3.01. The summed E-state index contributed by atoms with van der Waals surface area (Å²) < 4.78 is 19.0. The summed E-state index contributed by atoms with van der Waals surface area (Å²) in [4.78, 5) is 28.6. The number of carboxylic acids is 1. The molecule has 0 saturated carbocycles. The maximum absolute atomic E-state index is 14.4. The van der Waals surface area contributed by atoms with E-state index in [9.17, 15) is 19.1 Å². The summed E-state index contributed by atoms with van der Waals surface area (Å²) in [6, 6.07) is 3.86. The van der Waals surface area contributed by atoms with Gasteiger partial charge in [0, 0.05) is 31.1 Å². The quantitative estimate of drug-likeness (QED) is 0.356. The van der Waals surface area contributed by atoms with E-state index >= 15 is 0 Å². The summed E-state index contributed by atoms with van der Waals surface area (Å²) in [5.74, 6) is -2.55. The first-order chi connectivity index (χ1) is 12.7.